The fraction of sp³-hybridized carbons (Fsp3) is 0.227. The van der Waals surface area contributed by atoms with Crippen LogP contribution in [0.5, 0.6) is 0 Å². The molecule has 1 aliphatic rings. The average molecular weight is 379 g/mol. The number of carbonyl (C=O) groups is 1. The highest BCUT2D eigenvalue weighted by atomic mass is 19.1. The number of halogens is 2. The summed E-state index contributed by atoms with van der Waals surface area (Å²) >= 11 is 0. The Morgan fingerprint density at radius 2 is 1.82 bits per heavy atom. The highest BCUT2D eigenvalue weighted by molar-refractivity contribution is 5.94. The van der Waals surface area contributed by atoms with Gasteiger partial charge in [0.1, 0.15) is 11.6 Å². The summed E-state index contributed by atoms with van der Waals surface area (Å²) in [4.78, 5) is 23.4. The standard InChI is InChI=1S/C22H19F2N3O/c23-18-7-1-4-15(12-18)21-25-10-9-20(26-21)17-6-3-11-27(14-17)22(28)16-5-2-8-19(24)13-16/h1-2,4-5,7-10,12-13,17H,3,6,11,14H2/t17-/m0/s1. The van der Waals surface area contributed by atoms with Gasteiger partial charge in [0.05, 0.1) is 0 Å². The van der Waals surface area contributed by atoms with E-state index in [0.717, 1.165) is 18.5 Å². The maximum absolute atomic E-state index is 13.5. The molecule has 1 amide bonds. The Bertz CT molecular complexity index is 1010. The smallest absolute Gasteiger partial charge is 0.253 e. The molecule has 2 aromatic carbocycles. The predicted octanol–water partition coefficient (Wildman–Crippen LogP) is 4.44. The third-order valence-corrected chi connectivity index (χ3v) is 4.96. The van der Waals surface area contributed by atoms with E-state index in [-0.39, 0.29) is 17.6 Å². The number of amides is 1. The van der Waals surface area contributed by atoms with E-state index >= 15 is 0 Å². The molecule has 3 aromatic rings. The fourth-order valence-corrected chi connectivity index (χ4v) is 3.57. The first-order valence-electron chi connectivity index (χ1n) is 9.24. The second-order valence-corrected chi connectivity index (χ2v) is 6.92. The topological polar surface area (TPSA) is 46.1 Å². The highest BCUT2D eigenvalue weighted by Gasteiger charge is 2.26. The number of nitrogens with zero attached hydrogens (tertiary/aromatic N) is 3. The van der Waals surface area contributed by atoms with Crippen molar-refractivity contribution in [2.45, 2.75) is 18.8 Å². The van der Waals surface area contributed by atoms with Crippen LogP contribution in [0.3, 0.4) is 0 Å². The SMILES string of the molecule is O=C(c1cccc(F)c1)N1CCC[C@H](c2ccnc(-c3cccc(F)c3)n2)C1. The minimum atomic E-state index is -0.421. The predicted molar refractivity (Wildman–Crippen MR) is 102 cm³/mol. The monoisotopic (exact) mass is 379 g/mol. The normalized spacial score (nSPS) is 16.8. The van der Waals surface area contributed by atoms with Crippen LogP contribution < -0.4 is 0 Å². The summed E-state index contributed by atoms with van der Waals surface area (Å²) in [5.74, 6) is -0.415. The van der Waals surface area contributed by atoms with Crippen molar-refractivity contribution >= 4 is 5.91 Å². The summed E-state index contributed by atoms with van der Waals surface area (Å²) in [6.45, 7) is 1.14. The molecule has 0 unspecified atom stereocenters. The molecule has 0 N–H and O–H groups in total. The highest BCUT2D eigenvalue weighted by Crippen LogP contribution is 2.28. The molecule has 0 spiro atoms. The molecule has 0 saturated carbocycles. The number of benzene rings is 2. The van der Waals surface area contributed by atoms with E-state index in [4.69, 9.17) is 0 Å². The van der Waals surface area contributed by atoms with Gasteiger partial charge in [0, 0.05) is 42.0 Å². The lowest BCUT2D eigenvalue weighted by atomic mass is 9.94. The minimum Gasteiger partial charge on any atom is -0.338 e. The zero-order chi connectivity index (χ0) is 19.5. The van der Waals surface area contributed by atoms with Gasteiger partial charge in [-0.2, -0.15) is 0 Å². The van der Waals surface area contributed by atoms with Crippen molar-refractivity contribution in [1.29, 1.82) is 0 Å². The quantitative estimate of drug-likeness (QED) is 0.676. The lowest BCUT2D eigenvalue weighted by molar-refractivity contribution is 0.0705. The van der Waals surface area contributed by atoms with Crippen molar-refractivity contribution in [3.63, 3.8) is 0 Å². The van der Waals surface area contributed by atoms with Gasteiger partial charge in [-0.3, -0.25) is 4.79 Å². The zero-order valence-electron chi connectivity index (χ0n) is 15.2. The van der Waals surface area contributed by atoms with E-state index in [2.05, 4.69) is 9.97 Å². The molecule has 2 heterocycles. The van der Waals surface area contributed by atoms with Crippen molar-refractivity contribution in [3.05, 3.63) is 83.7 Å². The molecular formula is C22H19F2N3O. The van der Waals surface area contributed by atoms with Crippen LogP contribution in [0, 0.1) is 11.6 Å². The van der Waals surface area contributed by atoms with Gasteiger partial charge >= 0.3 is 0 Å². The second-order valence-electron chi connectivity index (χ2n) is 6.92. The number of hydrogen-bond acceptors (Lipinski definition) is 3. The van der Waals surface area contributed by atoms with Gasteiger partial charge in [-0.05, 0) is 49.2 Å². The third-order valence-electron chi connectivity index (χ3n) is 4.96. The number of aromatic nitrogens is 2. The summed E-state index contributed by atoms with van der Waals surface area (Å²) in [6, 6.07) is 13.8. The van der Waals surface area contributed by atoms with Crippen molar-refractivity contribution in [3.8, 4) is 11.4 Å². The second kappa shape index (κ2) is 7.84. The molecule has 1 atom stereocenters. The Labute approximate surface area is 161 Å². The van der Waals surface area contributed by atoms with Crippen LogP contribution in [0.25, 0.3) is 11.4 Å². The first kappa shape index (κ1) is 18.2. The van der Waals surface area contributed by atoms with Gasteiger partial charge in [-0.1, -0.05) is 18.2 Å². The third kappa shape index (κ3) is 3.91. The lowest BCUT2D eigenvalue weighted by Gasteiger charge is -2.32. The Morgan fingerprint density at radius 1 is 1.04 bits per heavy atom. The Balaban J connectivity index is 1.55. The van der Waals surface area contributed by atoms with Gasteiger partial charge in [-0.25, -0.2) is 18.7 Å². The van der Waals surface area contributed by atoms with E-state index in [1.807, 2.05) is 6.07 Å². The van der Waals surface area contributed by atoms with E-state index in [1.54, 1.807) is 35.4 Å². The molecule has 0 bridgehead atoms. The summed E-state index contributed by atoms with van der Waals surface area (Å²) < 4.78 is 27.0. The number of hydrogen-bond donors (Lipinski definition) is 0. The molecule has 1 aromatic heterocycles. The van der Waals surface area contributed by atoms with Crippen molar-refractivity contribution in [1.82, 2.24) is 14.9 Å². The van der Waals surface area contributed by atoms with E-state index in [0.29, 0.717) is 30.0 Å². The fourth-order valence-electron chi connectivity index (χ4n) is 3.57. The zero-order valence-corrected chi connectivity index (χ0v) is 15.2. The number of piperidine rings is 1. The van der Waals surface area contributed by atoms with Gasteiger partial charge < -0.3 is 4.90 Å². The van der Waals surface area contributed by atoms with Crippen molar-refractivity contribution in [2.75, 3.05) is 13.1 Å². The van der Waals surface area contributed by atoms with Crippen LogP contribution in [0.2, 0.25) is 0 Å². The lowest BCUT2D eigenvalue weighted by Crippen LogP contribution is -2.39. The maximum atomic E-state index is 13.5. The number of carbonyl (C=O) groups excluding carboxylic acids is 1. The van der Waals surface area contributed by atoms with Crippen molar-refractivity contribution in [2.24, 2.45) is 0 Å². The molecule has 1 aliphatic heterocycles. The van der Waals surface area contributed by atoms with Gasteiger partial charge in [0.2, 0.25) is 0 Å². The first-order valence-corrected chi connectivity index (χ1v) is 9.24. The van der Waals surface area contributed by atoms with Gasteiger partial charge in [0.25, 0.3) is 5.91 Å². The van der Waals surface area contributed by atoms with Crippen LogP contribution in [-0.2, 0) is 0 Å². The average Bonchev–Trinajstić information content (AvgIpc) is 2.73. The summed E-state index contributed by atoms with van der Waals surface area (Å²) in [7, 11) is 0. The van der Waals surface area contributed by atoms with E-state index in [1.165, 1.54) is 24.3 Å². The molecule has 142 valence electrons. The van der Waals surface area contributed by atoms with Crippen LogP contribution in [-0.4, -0.2) is 33.9 Å². The van der Waals surface area contributed by atoms with Gasteiger partial charge in [0.15, 0.2) is 5.82 Å². The van der Waals surface area contributed by atoms with Crippen LogP contribution in [0.15, 0.2) is 60.8 Å². The number of likely N-dealkylation sites (tertiary alicyclic amines) is 1. The van der Waals surface area contributed by atoms with E-state index < -0.39 is 5.82 Å². The Morgan fingerprint density at radius 3 is 2.61 bits per heavy atom. The molecule has 1 fully saturated rings. The van der Waals surface area contributed by atoms with Gasteiger partial charge in [-0.15, -0.1) is 0 Å². The van der Waals surface area contributed by atoms with Crippen molar-refractivity contribution < 1.29 is 13.6 Å². The molecule has 6 heteroatoms. The molecule has 0 radical (unpaired) electrons. The molecule has 1 saturated heterocycles. The summed E-state index contributed by atoms with van der Waals surface area (Å²) in [5, 5.41) is 0. The molecule has 28 heavy (non-hydrogen) atoms. The van der Waals surface area contributed by atoms with Crippen LogP contribution in [0.4, 0.5) is 8.78 Å². The minimum absolute atomic E-state index is 0.0570. The molecule has 0 aliphatic carbocycles. The largest absolute Gasteiger partial charge is 0.338 e. The first-order chi connectivity index (χ1) is 13.6. The Hall–Kier alpha value is -3.15. The summed E-state index contributed by atoms with van der Waals surface area (Å²) in [6.07, 6.45) is 3.40. The molecule has 4 rings (SSSR count). The maximum Gasteiger partial charge on any atom is 0.253 e. The Kier molecular flexibility index (Phi) is 5.10. The number of rotatable bonds is 3. The molecule has 4 nitrogen and oxygen atoms in total. The molecular weight excluding hydrogens is 360 g/mol. The van der Waals surface area contributed by atoms with Crippen LogP contribution in [0.1, 0.15) is 34.8 Å². The summed E-state index contributed by atoms with van der Waals surface area (Å²) in [5.41, 5.74) is 1.79. The van der Waals surface area contributed by atoms with Crippen LogP contribution >= 0.6 is 0 Å². The van der Waals surface area contributed by atoms with E-state index in [9.17, 15) is 13.6 Å².